The van der Waals surface area contributed by atoms with Gasteiger partial charge in [-0.15, -0.1) is 0 Å². The minimum Gasteiger partial charge on any atom is -0.483 e. The van der Waals surface area contributed by atoms with Crippen LogP contribution in [-0.2, 0) is 13.7 Å². The number of hydrogen-bond acceptors (Lipinski definition) is 3. The summed E-state index contributed by atoms with van der Waals surface area (Å²) >= 11 is 3.18. The standard InChI is InChI=1S/C12H9BrFN3O/c1-17-9(2-3-16-17)7-18-12-10(13)4-8(6-15)5-11(12)14/h2-5H,7H2,1H3. The normalized spacial score (nSPS) is 10.1. The summed E-state index contributed by atoms with van der Waals surface area (Å²) in [5, 5.41) is 12.7. The molecule has 0 saturated heterocycles. The van der Waals surface area contributed by atoms with Gasteiger partial charge in [-0.3, -0.25) is 4.68 Å². The Labute approximate surface area is 112 Å². The molecule has 2 rings (SSSR count). The summed E-state index contributed by atoms with van der Waals surface area (Å²) in [5.41, 5.74) is 1.07. The average molecular weight is 310 g/mol. The van der Waals surface area contributed by atoms with Gasteiger partial charge in [-0.1, -0.05) is 0 Å². The van der Waals surface area contributed by atoms with Gasteiger partial charge in [0.2, 0.25) is 0 Å². The Morgan fingerprint density at radius 3 is 2.89 bits per heavy atom. The minimum atomic E-state index is -0.567. The maximum Gasteiger partial charge on any atom is 0.169 e. The average Bonchev–Trinajstić information content (AvgIpc) is 2.73. The summed E-state index contributed by atoms with van der Waals surface area (Å²) in [4.78, 5) is 0. The van der Waals surface area contributed by atoms with Gasteiger partial charge in [0.05, 0.1) is 21.8 Å². The van der Waals surface area contributed by atoms with Crippen molar-refractivity contribution in [2.75, 3.05) is 0 Å². The van der Waals surface area contributed by atoms with Gasteiger partial charge in [-0.05, 0) is 34.1 Å². The van der Waals surface area contributed by atoms with E-state index in [0.717, 1.165) is 11.8 Å². The Bertz CT molecular complexity index is 595. The highest BCUT2D eigenvalue weighted by atomic mass is 79.9. The molecule has 0 radical (unpaired) electrons. The van der Waals surface area contributed by atoms with Gasteiger partial charge in [0, 0.05) is 13.2 Å². The monoisotopic (exact) mass is 309 g/mol. The number of halogens is 2. The molecule has 1 aromatic carbocycles. The molecule has 0 amide bonds. The summed E-state index contributed by atoms with van der Waals surface area (Å²) < 4.78 is 21.2. The highest BCUT2D eigenvalue weighted by Gasteiger charge is 2.11. The number of ether oxygens (including phenoxy) is 1. The second-order valence-electron chi connectivity index (χ2n) is 3.62. The quantitative estimate of drug-likeness (QED) is 0.876. The topological polar surface area (TPSA) is 50.8 Å². The van der Waals surface area contributed by atoms with Crippen LogP contribution in [0.3, 0.4) is 0 Å². The van der Waals surface area contributed by atoms with Gasteiger partial charge in [-0.2, -0.15) is 10.4 Å². The van der Waals surface area contributed by atoms with Gasteiger partial charge in [-0.25, -0.2) is 4.39 Å². The van der Waals surface area contributed by atoms with Crippen LogP contribution in [0.2, 0.25) is 0 Å². The first-order chi connectivity index (χ1) is 8.61. The molecule has 1 aromatic heterocycles. The van der Waals surface area contributed by atoms with Crippen LogP contribution in [0.25, 0.3) is 0 Å². The largest absolute Gasteiger partial charge is 0.483 e. The van der Waals surface area contributed by atoms with E-state index in [1.54, 1.807) is 24.0 Å². The SMILES string of the molecule is Cn1nccc1COc1c(F)cc(C#N)cc1Br. The third-order valence-corrected chi connectivity index (χ3v) is 3.00. The van der Waals surface area contributed by atoms with Gasteiger partial charge in [0.1, 0.15) is 6.61 Å². The van der Waals surface area contributed by atoms with Crippen molar-refractivity contribution in [1.82, 2.24) is 9.78 Å². The molecule has 92 valence electrons. The lowest BCUT2D eigenvalue weighted by Crippen LogP contribution is -2.04. The molecule has 0 saturated carbocycles. The van der Waals surface area contributed by atoms with Gasteiger partial charge in [0.25, 0.3) is 0 Å². The first-order valence-electron chi connectivity index (χ1n) is 5.10. The highest BCUT2D eigenvalue weighted by Crippen LogP contribution is 2.30. The minimum absolute atomic E-state index is 0.0928. The third kappa shape index (κ3) is 2.51. The second kappa shape index (κ2) is 5.19. The Hall–Kier alpha value is -1.87. The first kappa shape index (κ1) is 12.6. The van der Waals surface area contributed by atoms with Gasteiger partial charge >= 0.3 is 0 Å². The van der Waals surface area contributed by atoms with Crippen molar-refractivity contribution in [2.45, 2.75) is 6.61 Å². The van der Waals surface area contributed by atoms with Crippen LogP contribution in [0, 0.1) is 17.1 Å². The molecule has 0 aliphatic heterocycles. The van der Waals surface area contributed by atoms with Crippen LogP contribution in [0.15, 0.2) is 28.9 Å². The van der Waals surface area contributed by atoms with Crippen LogP contribution < -0.4 is 4.74 Å². The summed E-state index contributed by atoms with van der Waals surface area (Å²) in [6, 6.07) is 6.32. The number of hydrogen-bond donors (Lipinski definition) is 0. The molecule has 1 heterocycles. The van der Waals surface area contributed by atoms with E-state index in [1.165, 1.54) is 6.07 Å². The molecule has 0 aliphatic carbocycles. The van der Waals surface area contributed by atoms with E-state index in [-0.39, 0.29) is 17.9 Å². The van der Waals surface area contributed by atoms with E-state index in [2.05, 4.69) is 21.0 Å². The predicted octanol–water partition coefficient (Wildman–Crippen LogP) is 2.77. The van der Waals surface area contributed by atoms with Crippen LogP contribution >= 0.6 is 15.9 Å². The molecular formula is C12H9BrFN3O. The lowest BCUT2D eigenvalue weighted by atomic mass is 10.2. The molecule has 0 spiro atoms. The van der Waals surface area contributed by atoms with E-state index in [1.807, 2.05) is 6.07 Å². The Kier molecular flexibility index (Phi) is 3.63. The van der Waals surface area contributed by atoms with E-state index in [0.29, 0.717) is 4.47 Å². The number of nitrogens with zero attached hydrogens (tertiary/aromatic N) is 3. The Morgan fingerprint density at radius 2 is 2.33 bits per heavy atom. The zero-order valence-corrected chi connectivity index (χ0v) is 11.1. The molecule has 18 heavy (non-hydrogen) atoms. The molecule has 6 heteroatoms. The number of aryl methyl sites for hydroxylation is 1. The van der Waals surface area contributed by atoms with Crippen LogP contribution in [0.4, 0.5) is 4.39 Å². The van der Waals surface area contributed by atoms with E-state index in [4.69, 9.17) is 10.00 Å². The first-order valence-corrected chi connectivity index (χ1v) is 5.90. The molecule has 0 unspecified atom stereocenters. The second-order valence-corrected chi connectivity index (χ2v) is 4.47. The molecule has 0 aliphatic rings. The van der Waals surface area contributed by atoms with Crippen molar-refractivity contribution in [3.05, 3.63) is 45.9 Å². The molecule has 4 nitrogen and oxygen atoms in total. The maximum atomic E-state index is 13.7. The van der Waals surface area contributed by atoms with E-state index < -0.39 is 5.82 Å². The highest BCUT2D eigenvalue weighted by molar-refractivity contribution is 9.10. The maximum absolute atomic E-state index is 13.7. The number of rotatable bonds is 3. The molecule has 2 aromatic rings. The van der Waals surface area contributed by atoms with Crippen LogP contribution in [-0.4, -0.2) is 9.78 Å². The number of nitriles is 1. The van der Waals surface area contributed by atoms with E-state index in [9.17, 15) is 4.39 Å². The molecular weight excluding hydrogens is 301 g/mol. The van der Waals surface area contributed by atoms with Crippen molar-refractivity contribution in [3.63, 3.8) is 0 Å². The number of aromatic nitrogens is 2. The zero-order valence-electron chi connectivity index (χ0n) is 9.52. The van der Waals surface area contributed by atoms with Crippen molar-refractivity contribution in [2.24, 2.45) is 7.05 Å². The Morgan fingerprint density at radius 1 is 1.56 bits per heavy atom. The summed E-state index contributed by atoms with van der Waals surface area (Å²) in [6.45, 7) is 0.206. The smallest absolute Gasteiger partial charge is 0.169 e. The van der Waals surface area contributed by atoms with Gasteiger partial charge < -0.3 is 4.74 Å². The summed E-state index contributed by atoms with van der Waals surface area (Å²) in [6.07, 6.45) is 1.64. The summed E-state index contributed by atoms with van der Waals surface area (Å²) in [5.74, 6) is -0.474. The molecule has 0 fully saturated rings. The van der Waals surface area contributed by atoms with Crippen LogP contribution in [0.1, 0.15) is 11.3 Å². The molecule has 0 bridgehead atoms. The van der Waals surface area contributed by atoms with Crippen molar-refractivity contribution < 1.29 is 9.13 Å². The molecule has 0 N–H and O–H groups in total. The predicted molar refractivity (Wildman–Crippen MR) is 66.4 cm³/mol. The third-order valence-electron chi connectivity index (χ3n) is 2.41. The van der Waals surface area contributed by atoms with Crippen LogP contribution in [0.5, 0.6) is 5.75 Å². The van der Waals surface area contributed by atoms with Crippen molar-refractivity contribution >= 4 is 15.9 Å². The van der Waals surface area contributed by atoms with Crippen molar-refractivity contribution in [3.8, 4) is 11.8 Å². The van der Waals surface area contributed by atoms with E-state index >= 15 is 0 Å². The zero-order chi connectivity index (χ0) is 13.1. The summed E-state index contributed by atoms with van der Waals surface area (Å²) in [7, 11) is 1.78. The fourth-order valence-electron chi connectivity index (χ4n) is 1.45. The van der Waals surface area contributed by atoms with Gasteiger partial charge in [0.15, 0.2) is 11.6 Å². The lowest BCUT2D eigenvalue weighted by molar-refractivity contribution is 0.278. The Balaban J connectivity index is 2.20. The van der Waals surface area contributed by atoms with Crippen molar-refractivity contribution in [1.29, 1.82) is 5.26 Å². The fraction of sp³-hybridized carbons (Fsp3) is 0.167. The lowest BCUT2D eigenvalue weighted by Gasteiger charge is -2.09. The number of benzene rings is 1. The fourth-order valence-corrected chi connectivity index (χ4v) is 2.00. The molecule has 0 atom stereocenters.